The summed E-state index contributed by atoms with van der Waals surface area (Å²) in [5.74, 6) is 2.02. The van der Waals surface area contributed by atoms with Gasteiger partial charge in [0.2, 0.25) is 0 Å². The van der Waals surface area contributed by atoms with E-state index in [2.05, 4.69) is 30.4 Å². The van der Waals surface area contributed by atoms with Crippen LogP contribution in [0.3, 0.4) is 0 Å². The largest absolute Gasteiger partial charge is 0.508 e. The lowest BCUT2D eigenvalue weighted by Gasteiger charge is -2.16. The molecule has 0 aliphatic rings. The summed E-state index contributed by atoms with van der Waals surface area (Å²) >= 11 is 0. The fourth-order valence-corrected chi connectivity index (χ4v) is 3.14. The number of methoxy groups -OCH3 is 2. The van der Waals surface area contributed by atoms with E-state index in [-0.39, 0.29) is 0 Å². The van der Waals surface area contributed by atoms with Crippen LogP contribution in [0.25, 0.3) is 11.1 Å². The van der Waals surface area contributed by atoms with Crippen LogP contribution in [0.2, 0.25) is 0 Å². The molecule has 4 nitrogen and oxygen atoms in total. The van der Waals surface area contributed by atoms with Gasteiger partial charge in [-0.1, -0.05) is 43.3 Å². The maximum Gasteiger partial charge on any atom is 0.127 e. The van der Waals surface area contributed by atoms with Crippen molar-refractivity contribution in [2.75, 3.05) is 27.3 Å². The molecule has 2 N–H and O–H groups in total. The van der Waals surface area contributed by atoms with Crippen LogP contribution in [-0.2, 0) is 6.42 Å². The Bertz CT molecular complexity index is 810. The summed E-state index contributed by atoms with van der Waals surface area (Å²) in [6.45, 7) is 5.30. The number of ether oxygens (including phenoxy) is 2. The van der Waals surface area contributed by atoms with Crippen molar-refractivity contribution >= 4 is 0 Å². The van der Waals surface area contributed by atoms with Crippen LogP contribution >= 0.6 is 0 Å². The van der Waals surface area contributed by atoms with Crippen molar-refractivity contribution in [1.29, 1.82) is 0 Å². The highest BCUT2D eigenvalue weighted by atomic mass is 16.5. The fourth-order valence-electron chi connectivity index (χ4n) is 3.14. The van der Waals surface area contributed by atoms with Crippen molar-refractivity contribution in [3.8, 4) is 22.6 Å². The topological polar surface area (TPSA) is 50.7 Å². The monoisotopic (exact) mass is 381 g/mol. The number of aliphatic hydroxyl groups excluding tert-OH is 1. The van der Waals surface area contributed by atoms with Crippen LogP contribution in [0.15, 0.2) is 65.9 Å². The lowest BCUT2D eigenvalue weighted by molar-refractivity contribution is 0.399. The first-order valence-electron chi connectivity index (χ1n) is 9.70. The summed E-state index contributed by atoms with van der Waals surface area (Å²) in [6.07, 6.45) is 5.45. The molecule has 0 unspecified atom stereocenters. The van der Waals surface area contributed by atoms with Crippen LogP contribution in [0.4, 0.5) is 0 Å². The molecular weight excluding hydrogens is 350 g/mol. The van der Waals surface area contributed by atoms with Crippen LogP contribution in [-0.4, -0.2) is 32.4 Å². The van der Waals surface area contributed by atoms with E-state index >= 15 is 0 Å². The van der Waals surface area contributed by atoms with Gasteiger partial charge in [-0.2, -0.15) is 0 Å². The summed E-state index contributed by atoms with van der Waals surface area (Å²) in [7, 11) is 3.39. The van der Waals surface area contributed by atoms with Crippen molar-refractivity contribution in [2.45, 2.75) is 26.7 Å². The molecule has 2 aromatic rings. The quantitative estimate of drug-likeness (QED) is 0.333. The molecule has 0 radical (unpaired) electrons. The summed E-state index contributed by atoms with van der Waals surface area (Å²) in [6, 6.07) is 14.2. The Morgan fingerprint density at radius 3 is 2.39 bits per heavy atom. The van der Waals surface area contributed by atoms with Gasteiger partial charge in [0.25, 0.3) is 0 Å². The van der Waals surface area contributed by atoms with E-state index in [4.69, 9.17) is 9.47 Å². The Balaban J connectivity index is 2.12. The Hall–Kier alpha value is -2.72. The molecule has 0 atom stereocenters. The second-order valence-corrected chi connectivity index (χ2v) is 6.47. The highest BCUT2D eigenvalue weighted by molar-refractivity contribution is 5.73. The van der Waals surface area contributed by atoms with Crippen LogP contribution in [0.5, 0.6) is 11.5 Å². The van der Waals surface area contributed by atoms with E-state index in [9.17, 15) is 5.11 Å². The third-order valence-corrected chi connectivity index (χ3v) is 4.63. The Kier molecular flexibility index (Phi) is 8.63. The van der Waals surface area contributed by atoms with Gasteiger partial charge < -0.3 is 19.9 Å². The third kappa shape index (κ3) is 5.64. The van der Waals surface area contributed by atoms with Crippen LogP contribution in [0, 0.1) is 0 Å². The van der Waals surface area contributed by atoms with Gasteiger partial charge in [-0.3, -0.25) is 0 Å². The lowest BCUT2D eigenvalue weighted by Crippen LogP contribution is -2.21. The van der Waals surface area contributed by atoms with Crippen molar-refractivity contribution in [3.63, 3.8) is 0 Å². The van der Waals surface area contributed by atoms with E-state index in [1.807, 2.05) is 37.3 Å². The van der Waals surface area contributed by atoms with Crippen molar-refractivity contribution < 1.29 is 14.6 Å². The average Bonchev–Trinajstić information content (AvgIpc) is 2.75. The van der Waals surface area contributed by atoms with Crippen molar-refractivity contribution in [1.82, 2.24) is 5.32 Å². The van der Waals surface area contributed by atoms with Gasteiger partial charge in [-0.25, -0.2) is 0 Å². The van der Waals surface area contributed by atoms with Crippen LogP contribution < -0.4 is 14.8 Å². The maximum atomic E-state index is 9.97. The first-order chi connectivity index (χ1) is 13.6. The van der Waals surface area contributed by atoms with Gasteiger partial charge in [-0.05, 0) is 55.6 Å². The molecule has 0 heterocycles. The highest BCUT2D eigenvalue weighted by Crippen LogP contribution is 2.36. The fraction of sp³-hybridized carbons (Fsp3) is 0.333. The van der Waals surface area contributed by atoms with Crippen molar-refractivity contribution in [2.24, 2.45) is 0 Å². The minimum Gasteiger partial charge on any atom is -0.508 e. The molecule has 2 aromatic carbocycles. The van der Waals surface area contributed by atoms with Gasteiger partial charge in [0.15, 0.2) is 0 Å². The van der Waals surface area contributed by atoms with E-state index in [0.29, 0.717) is 12.3 Å². The summed E-state index contributed by atoms with van der Waals surface area (Å²) in [5, 5.41) is 13.4. The normalized spacial score (nSPS) is 12.1. The van der Waals surface area contributed by atoms with Gasteiger partial charge >= 0.3 is 0 Å². The van der Waals surface area contributed by atoms with E-state index in [1.165, 1.54) is 0 Å². The van der Waals surface area contributed by atoms with Crippen LogP contribution in [0.1, 0.15) is 25.8 Å². The number of hydrogen-bond acceptors (Lipinski definition) is 4. The van der Waals surface area contributed by atoms with E-state index in [1.54, 1.807) is 20.3 Å². The molecule has 0 spiro atoms. The molecule has 0 aliphatic carbocycles. The molecule has 2 rings (SSSR count). The Morgan fingerprint density at radius 1 is 1.07 bits per heavy atom. The Morgan fingerprint density at radius 2 is 1.79 bits per heavy atom. The molecule has 150 valence electrons. The Labute approximate surface area is 168 Å². The molecule has 28 heavy (non-hydrogen) atoms. The molecule has 4 heteroatoms. The first kappa shape index (κ1) is 21.6. The standard InChI is InChI=1S/C24H31NO3/c1-5-10-20(22(26)6-2)17-25-14-13-19-15-24(28-4)21(16-23(19)27-3)18-11-8-7-9-12-18/h6-12,15-16,25-26H,5,13-14,17H2,1-4H3/b20-10-,22-6+. The summed E-state index contributed by atoms with van der Waals surface area (Å²) in [4.78, 5) is 0. The zero-order valence-electron chi connectivity index (χ0n) is 17.3. The minimum absolute atomic E-state index is 0.334. The summed E-state index contributed by atoms with van der Waals surface area (Å²) < 4.78 is 11.3. The van der Waals surface area contributed by atoms with Gasteiger partial charge in [0.1, 0.15) is 17.3 Å². The molecule has 0 fully saturated rings. The van der Waals surface area contributed by atoms with Gasteiger partial charge in [0, 0.05) is 17.7 Å². The number of hydrogen-bond donors (Lipinski definition) is 2. The number of benzene rings is 2. The van der Waals surface area contributed by atoms with E-state index in [0.717, 1.165) is 53.1 Å². The predicted octanol–water partition coefficient (Wildman–Crippen LogP) is 5.30. The second-order valence-electron chi connectivity index (χ2n) is 6.47. The highest BCUT2D eigenvalue weighted by Gasteiger charge is 2.13. The average molecular weight is 382 g/mol. The first-order valence-corrected chi connectivity index (χ1v) is 9.70. The molecule has 0 aliphatic heterocycles. The number of aliphatic hydroxyl groups is 1. The third-order valence-electron chi connectivity index (χ3n) is 4.63. The zero-order chi connectivity index (χ0) is 20.4. The number of rotatable bonds is 10. The molecule has 0 saturated heterocycles. The number of nitrogens with one attached hydrogen (secondary N) is 1. The molecule has 0 amide bonds. The molecule has 0 bridgehead atoms. The minimum atomic E-state index is 0.334. The summed E-state index contributed by atoms with van der Waals surface area (Å²) in [5.41, 5.74) is 4.12. The van der Waals surface area contributed by atoms with Gasteiger partial charge in [-0.15, -0.1) is 0 Å². The lowest BCUT2D eigenvalue weighted by atomic mass is 10.00. The van der Waals surface area contributed by atoms with Crippen molar-refractivity contribution in [3.05, 3.63) is 71.5 Å². The molecular formula is C24H31NO3. The SMILES string of the molecule is C/C=C(O)\C(=C/CC)CNCCc1cc(OC)c(-c2ccccc2)cc1OC. The van der Waals surface area contributed by atoms with Gasteiger partial charge in [0.05, 0.1) is 14.2 Å². The second kappa shape index (κ2) is 11.2. The predicted molar refractivity (Wildman–Crippen MR) is 116 cm³/mol. The van der Waals surface area contributed by atoms with E-state index < -0.39 is 0 Å². The zero-order valence-corrected chi connectivity index (χ0v) is 17.3. The maximum absolute atomic E-state index is 9.97. The number of allylic oxidation sites excluding steroid dienone is 2. The smallest absolute Gasteiger partial charge is 0.127 e. The molecule has 0 aromatic heterocycles. The molecule has 0 saturated carbocycles.